The minimum absolute atomic E-state index is 0.582. The van der Waals surface area contributed by atoms with E-state index in [0.29, 0.717) is 17.3 Å². The van der Waals surface area contributed by atoms with Gasteiger partial charge in [-0.2, -0.15) is 10.2 Å². The molecule has 0 unspecified atom stereocenters. The van der Waals surface area contributed by atoms with Crippen LogP contribution in [0.4, 0.5) is 17.5 Å². The number of aromatic nitrogens is 2. The second kappa shape index (κ2) is 9.49. The second-order valence-electron chi connectivity index (χ2n) is 6.73. The van der Waals surface area contributed by atoms with E-state index in [1.165, 1.54) is 0 Å². The Hall–Kier alpha value is -3.43. The number of hydrogen-bond donors (Lipinski definition) is 2. The molecule has 0 saturated carbocycles. The van der Waals surface area contributed by atoms with E-state index in [-0.39, 0.29) is 0 Å². The van der Waals surface area contributed by atoms with Gasteiger partial charge in [0.25, 0.3) is 0 Å². The molecule has 1 heterocycles. The van der Waals surface area contributed by atoms with Crippen LogP contribution < -0.4 is 10.6 Å². The number of benzene rings is 2. The molecule has 6 heteroatoms. The highest BCUT2D eigenvalue weighted by molar-refractivity contribution is 5.67. The van der Waals surface area contributed by atoms with E-state index in [1.54, 1.807) is 12.1 Å². The van der Waals surface area contributed by atoms with Crippen molar-refractivity contribution in [2.24, 2.45) is 0 Å². The molecule has 0 aliphatic carbocycles. The highest BCUT2D eigenvalue weighted by atomic mass is 15.1. The van der Waals surface area contributed by atoms with Gasteiger partial charge in [0.05, 0.1) is 17.3 Å². The van der Waals surface area contributed by atoms with Crippen LogP contribution in [-0.2, 0) is 0 Å². The summed E-state index contributed by atoms with van der Waals surface area (Å²) in [6.07, 6.45) is 0.999. The summed E-state index contributed by atoms with van der Waals surface area (Å²) in [6, 6.07) is 21.4. The fraction of sp³-hybridized carbons (Fsp3) is 0.227. The number of nitrogens with zero attached hydrogens (tertiary/aromatic N) is 4. The maximum absolute atomic E-state index is 9.11. The number of nitrogens with one attached hydrogen (secondary N) is 2. The van der Waals surface area contributed by atoms with Crippen molar-refractivity contribution in [3.63, 3.8) is 0 Å². The zero-order chi connectivity index (χ0) is 19.8. The van der Waals surface area contributed by atoms with Gasteiger partial charge in [0.1, 0.15) is 5.82 Å². The quantitative estimate of drug-likeness (QED) is 0.579. The summed E-state index contributed by atoms with van der Waals surface area (Å²) >= 11 is 0. The Labute approximate surface area is 165 Å². The van der Waals surface area contributed by atoms with Crippen LogP contribution >= 0.6 is 0 Å². The molecule has 0 bridgehead atoms. The first-order valence-corrected chi connectivity index (χ1v) is 9.24. The van der Waals surface area contributed by atoms with Gasteiger partial charge < -0.3 is 15.5 Å². The summed E-state index contributed by atoms with van der Waals surface area (Å²) in [5, 5.41) is 15.7. The third-order valence-corrected chi connectivity index (χ3v) is 4.12. The van der Waals surface area contributed by atoms with Crippen LogP contribution in [-0.4, -0.2) is 42.1 Å². The van der Waals surface area contributed by atoms with Gasteiger partial charge in [-0.15, -0.1) is 0 Å². The molecule has 0 aliphatic rings. The molecule has 1 aromatic heterocycles. The van der Waals surface area contributed by atoms with Crippen LogP contribution in [0.25, 0.3) is 11.3 Å². The average Bonchev–Trinajstić information content (AvgIpc) is 2.72. The van der Waals surface area contributed by atoms with Crippen LogP contribution in [0.3, 0.4) is 0 Å². The van der Waals surface area contributed by atoms with Gasteiger partial charge in [0.2, 0.25) is 5.95 Å². The lowest BCUT2D eigenvalue weighted by molar-refractivity contribution is 0.405. The molecule has 2 aromatic carbocycles. The Morgan fingerprint density at radius 2 is 1.82 bits per heavy atom. The molecule has 28 heavy (non-hydrogen) atoms. The Morgan fingerprint density at radius 1 is 1.00 bits per heavy atom. The van der Waals surface area contributed by atoms with Crippen molar-refractivity contribution in [2.45, 2.75) is 6.42 Å². The Morgan fingerprint density at radius 3 is 2.57 bits per heavy atom. The van der Waals surface area contributed by atoms with E-state index >= 15 is 0 Å². The van der Waals surface area contributed by atoms with Crippen molar-refractivity contribution in [1.82, 2.24) is 14.9 Å². The summed E-state index contributed by atoms with van der Waals surface area (Å²) in [4.78, 5) is 11.4. The lowest BCUT2D eigenvalue weighted by atomic mass is 10.1. The Balaban J connectivity index is 1.85. The molecule has 3 aromatic rings. The molecule has 0 spiro atoms. The van der Waals surface area contributed by atoms with Gasteiger partial charge >= 0.3 is 0 Å². The molecule has 142 valence electrons. The predicted octanol–water partition coefficient (Wildman–Crippen LogP) is 4.12. The minimum atomic E-state index is 0.582. The third kappa shape index (κ3) is 5.53. The van der Waals surface area contributed by atoms with Crippen LogP contribution in [0.2, 0.25) is 0 Å². The van der Waals surface area contributed by atoms with E-state index in [1.807, 2.05) is 48.5 Å². The van der Waals surface area contributed by atoms with E-state index in [9.17, 15) is 0 Å². The fourth-order valence-electron chi connectivity index (χ4n) is 2.76. The van der Waals surface area contributed by atoms with Crippen molar-refractivity contribution in [2.75, 3.05) is 37.8 Å². The third-order valence-electron chi connectivity index (χ3n) is 4.12. The van der Waals surface area contributed by atoms with Gasteiger partial charge in [-0.3, -0.25) is 0 Å². The SMILES string of the molecule is CN(C)CCCNc1nc(Nc2cccc(C#N)c2)cc(-c2ccccc2)n1. The van der Waals surface area contributed by atoms with Crippen molar-refractivity contribution in [3.05, 3.63) is 66.2 Å². The number of anilines is 3. The normalized spacial score (nSPS) is 10.5. The van der Waals surface area contributed by atoms with Gasteiger partial charge in [0, 0.05) is 23.9 Å². The first-order chi connectivity index (χ1) is 13.6. The van der Waals surface area contributed by atoms with E-state index in [4.69, 9.17) is 5.26 Å². The van der Waals surface area contributed by atoms with Crippen LogP contribution in [0.5, 0.6) is 0 Å². The highest BCUT2D eigenvalue weighted by Crippen LogP contribution is 2.24. The molecule has 6 nitrogen and oxygen atoms in total. The molecular weight excluding hydrogens is 348 g/mol. The number of rotatable bonds is 8. The van der Waals surface area contributed by atoms with Crippen molar-refractivity contribution in [1.29, 1.82) is 5.26 Å². The largest absolute Gasteiger partial charge is 0.354 e. The summed E-state index contributed by atoms with van der Waals surface area (Å²) in [5.41, 5.74) is 3.28. The topological polar surface area (TPSA) is 76.9 Å². The molecular formula is C22H24N6. The summed E-state index contributed by atoms with van der Waals surface area (Å²) in [7, 11) is 4.12. The van der Waals surface area contributed by atoms with Crippen molar-refractivity contribution < 1.29 is 0 Å². The average molecular weight is 372 g/mol. The lowest BCUT2D eigenvalue weighted by Crippen LogP contribution is -2.17. The number of nitriles is 1. The smallest absolute Gasteiger partial charge is 0.225 e. The first-order valence-electron chi connectivity index (χ1n) is 9.24. The van der Waals surface area contributed by atoms with E-state index in [2.05, 4.69) is 45.7 Å². The standard InChI is InChI=1S/C22H24N6/c1-28(2)13-7-12-24-22-26-20(18-9-4-3-5-10-18)15-21(27-22)25-19-11-6-8-17(14-19)16-23/h3-6,8-11,14-15H,7,12-13H2,1-2H3,(H2,24,25,26,27). The lowest BCUT2D eigenvalue weighted by Gasteiger charge is -2.13. The van der Waals surface area contributed by atoms with Crippen LogP contribution in [0.1, 0.15) is 12.0 Å². The Bertz CT molecular complexity index is 947. The molecule has 2 N–H and O–H groups in total. The van der Waals surface area contributed by atoms with E-state index in [0.717, 1.165) is 36.5 Å². The summed E-state index contributed by atoms with van der Waals surface area (Å²) < 4.78 is 0. The molecule has 0 atom stereocenters. The summed E-state index contributed by atoms with van der Waals surface area (Å²) in [5.74, 6) is 1.26. The molecule has 0 fully saturated rings. The van der Waals surface area contributed by atoms with E-state index < -0.39 is 0 Å². The van der Waals surface area contributed by atoms with Gasteiger partial charge in [0.15, 0.2) is 0 Å². The zero-order valence-electron chi connectivity index (χ0n) is 16.2. The highest BCUT2D eigenvalue weighted by Gasteiger charge is 2.07. The Kier molecular flexibility index (Phi) is 6.55. The number of hydrogen-bond acceptors (Lipinski definition) is 6. The molecule has 0 amide bonds. The van der Waals surface area contributed by atoms with Gasteiger partial charge in [-0.25, -0.2) is 4.98 Å². The maximum atomic E-state index is 9.11. The monoisotopic (exact) mass is 372 g/mol. The minimum Gasteiger partial charge on any atom is -0.354 e. The second-order valence-corrected chi connectivity index (χ2v) is 6.73. The van der Waals surface area contributed by atoms with Gasteiger partial charge in [-0.1, -0.05) is 36.4 Å². The zero-order valence-corrected chi connectivity index (χ0v) is 16.2. The molecule has 0 radical (unpaired) electrons. The van der Waals surface area contributed by atoms with Crippen molar-refractivity contribution >= 4 is 17.5 Å². The maximum Gasteiger partial charge on any atom is 0.225 e. The molecule has 0 aliphatic heterocycles. The van der Waals surface area contributed by atoms with Gasteiger partial charge in [-0.05, 0) is 45.3 Å². The molecule has 3 rings (SSSR count). The first kappa shape index (κ1) is 19.3. The predicted molar refractivity (Wildman–Crippen MR) is 114 cm³/mol. The van der Waals surface area contributed by atoms with Crippen molar-refractivity contribution in [3.8, 4) is 17.3 Å². The molecule has 0 saturated heterocycles. The van der Waals surface area contributed by atoms with Crippen LogP contribution in [0, 0.1) is 11.3 Å². The fourth-order valence-corrected chi connectivity index (χ4v) is 2.76. The summed E-state index contributed by atoms with van der Waals surface area (Å²) in [6.45, 7) is 1.79. The van der Waals surface area contributed by atoms with Crippen LogP contribution in [0.15, 0.2) is 60.7 Å².